The van der Waals surface area contributed by atoms with E-state index >= 15 is 0 Å². The molecule has 23 heavy (non-hydrogen) atoms. The Balaban J connectivity index is 1.74. The molecule has 0 bridgehead atoms. The van der Waals surface area contributed by atoms with E-state index in [1.54, 1.807) is 0 Å². The second-order valence-corrected chi connectivity index (χ2v) is 5.98. The van der Waals surface area contributed by atoms with Gasteiger partial charge in [0.2, 0.25) is 0 Å². The summed E-state index contributed by atoms with van der Waals surface area (Å²) < 4.78 is 38.5. The van der Waals surface area contributed by atoms with E-state index in [9.17, 15) is 13.2 Å². The van der Waals surface area contributed by atoms with Crippen LogP contribution >= 0.6 is 11.6 Å². The molecule has 0 unspecified atom stereocenters. The Kier molecular flexibility index (Phi) is 4.54. The van der Waals surface area contributed by atoms with Gasteiger partial charge in [0.25, 0.3) is 0 Å². The van der Waals surface area contributed by atoms with Crippen molar-refractivity contribution < 1.29 is 13.2 Å². The number of halogens is 4. The summed E-state index contributed by atoms with van der Waals surface area (Å²) in [5.74, 6) is 0.225. The summed E-state index contributed by atoms with van der Waals surface area (Å²) in [6, 6.07) is 7.68. The maximum absolute atomic E-state index is 12.5. The maximum atomic E-state index is 12.5. The van der Waals surface area contributed by atoms with Crippen molar-refractivity contribution in [2.75, 3.05) is 6.54 Å². The molecule has 1 saturated heterocycles. The van der Waals surface area contributed by atoms with Gasteiger partial charge >= 0.3 is 6.18 Å². The summed E-state index contributed by atoms with van der Waals surface area (Å²) in [4.78, 5) is 2.10. The Hall–Kier alpha value is -1.67. The number of aromatic nitrogens is 4. The van der Waals surface area contributed by atoms with Crippen molar-refractivity contribution in [3.8, 4) is 0 Å². The van der Waals surface area contributed by atoms with E-state index in [-0.39, 0.29) is 18.4 Å². The molecule has 0 saturated carbocycles. The highest BCUT2D eigenvalue weighted by atomic mass is 35.5. The highest BCUT2D eigenvalue weighted by Crippen LogP contribution is 2.33. The molecular formula is C14H15ClF3N5. The fraction of sp³-hybridized carbons (Fsp3) is 0.500. The van der Waals surface area contributed by atoms with Crippen LogP contribution in [0.4, 0.5) is 13.2 Å². The van der Waals surface area contributed by atoms with Gasteiger partial charge in [0.15, 0.2) is 5.82 Å². The highest BCUT2D eigenvalue weighted by Gasteiger charge is 2.32. The Bertz CT molecular complexity index is 655. The van der Waals surface area contributed by atoms with E-state index < -0.39 is 12.7 Å². The van der Waals surface area contributed by atoms with E-state index in [0.717, 1.165) is 29.6 Å². The fourth-order valence-electron chi connectivity index (χ4n) is 2.89. The third kappa shape index (κ3) is 4.00. The van der Waals surface area contributed by atoms with Crippen LogP contribution in [-0.2, 0) is 13.1 Å². The lowest BCUT2D eigenvalue weighted by Crippen LogP contribution is -2.27. The first kappa shape index (κ1) is 16.2. The van der Waals surface area contributed by atoms with Crippen molar-refractivity contribution in [2.24, 2.45) is 0 Å². The van der Waals surface area contributed by atoms with E-state index in [1.165, 1.54) is 0 Å². The first-order valence-electron chi connectivity index (χ1n) is 7.24. The lowest BCUT2D eigenvalue weighted by Gasteiger charge is -2.24. The second kappa shape index (κ2) is 6.45. The van der Waals surface area contributed by atoms with Crippen molar-refractivity contribution in [1.82, 2.24) is 25.1 Å². The number of alkyl halides is 3. The SMILES string of the molecule is FC(F)(F)Cn1nnnc1CN1CCC[C@H]1c1ccc(Cl)cc1. The van der Waals surface area contributed by atoms with Crippen LogP contribution in [0.15, 0.2) is 24.3 Å². The summed E-state index contributed by atoms with van der Waals surface area (Å²) in [7, 11) is 0. The number of benzene rings is 1. The van der Waals surface area contributed by atoms with E-state index in [1.807, 2.05) is 24.3 Å². The zero-order chi connectivity index (χ0) is 16.4. The number of tetrazole rings is 1. The highest BCUT2D eigenvalue weighted by molar-refractivity contribution is 6.30. The Labute approximate surface area is 136 Å². The van der Waals surface area contributed by atoms with Gasteiger partial charge in [-0.15, -0.1) is 5.10 Å². The standard InChI is InChI=1S/C14H15ClF3N5/c15-11-5-3-10(4-6-11)12-2-1-7-22(12)8-13-19-20-21-23(13)9-14(16,17)18/h3-6,12H,1-2,7-9H2/t12-/m0/s1. The van der Waals surface area contributed by atoms with Crippen LogP contribution < -0.4 is 0 Å². The fourth-order valence-corrected chi connectivity index (χ4v) is 3.01. The van der Waals surface area contributed by atoms with Crippen LogP contribution in [0, 0.1) is 0 Å². The molecule has 1 aromatic heterocycles. The molecule has 2 aromatic rings. The van der Waals surface area contributed by atoms with Gasteiger partial charge in [-0.1, -0.05) is 23.7 Å². The van der Waals surface area contributed by atoms with Crippen LogP contribution in [0.1, 0.15) is 30.3 Å². The first-order chi connectivity index (χ1) is 10.9. The van der Waals surface area contributed by atoms with Crippen LogP contribution in [0.3, 0.4) is 0 Å². The minimum absolute atomic E-state index is 0.142. The third-order valence-corrected chi connectivity index (χ3v) is 4.15. The van der Waals surface area contributed by atoms with Gasteiger partial charge in [-0.05, 0) is 47.5 Å². The molecule has 5 nitrogen and oxygen atoms in total. The Morgan fingerprint density at radius 1 is 1.22 bits per heavy atom. The average molecular weight is 346 g/mol. The number of nitrogens with zero attached hydrogens (tertiary/aromatic N) is 5. The number of likely N-dealkylation sites (tertiary alicyclic amines) is 1. The molecule has 0 N–H and O–H groups in total. The molecular weight excluding hydrogens is 331 g/mol. The molecule has 1 fully saturated rings. The minimum Gasteiger partial charge on any atom is -0.289 e. The maximum Gasteiger partial charge on any atom is 0.408 e. The van der Waals surface area contributed by atoms with Crippen molar-refractivity contribution >= 4 is 11.6 Å². The number of rotatable bonds is 4. The van der Waals surface area contributed by atoms with Gasteiger partial charge < -0.3 is 0 Å². The third-order valence-electron chi connectivity index (χ3n) is 3.90. The molecule has 0 spiro atoms. The Morgan fingerprint density at radius 2 is 1.96 bits per heavy atom. The summed E-state index contributed by atoms with van der Waals surface area (Å²) in [6.07, 6.45) is -2.42. The van der Waals surface area contributed by atoms with Gasteiger partial charge in [-0.25, -0.2) is 4.68 Å². The largest absolute Gasteiger partial charge is 0.408 e. The molecule has 3 rings (SSSR count). The van der Waals surface area contributed by atoms with Crippen molar-refractivity contribution in [3.05, 3.63) is 40.7 Å². The summed E-state index contributed by atoms with van der Waals surface area (Å²) in [5.41, 5.74) is 1.10. The molecule has 1 aliphatic rings. The van der Waals surface area contributed by atoms with Crippen LogP contribution in [0.5, 0.6) is 0 Å². The lowest BCUT2D eigenvalue weighted by atomic mass is 10.0. The van der Waals surface area contributed by atoms with Crippen molar-refractivity contribution in [1.29, 1.82) is 0 Å². The number of hydrogen-bond donors (Lipinski definition) is 0. The molecule has 2 heterocycles. The van der Waals surface area contributed by atoms with Crippen LogP contribution in [0.25, 0.3) is 0 Å². The van der Waals surface area contributed by atoms with Gasteiger partial charge in [-0.2, -0.15) is 13.2 Å². The van der Waals surface area contributed by atoms with E-state index in [4.69, 9.17) is 11.6 Å². The van der Waals surface area contributed by atoms with Crippen molar-refractivity contribution in [3.63, 3.8) is 0 Å². The van der Waals surface area contributed by atoms with Crippen molar-refractivity contribution in [2.45, 2.75) is 38.1 Å². The molecule has 1 aromatic carbocycles. The predicted octanol–water partition coefficient (Wildman–Crippen LogP) is 3.23. The lowest BCUT2D eigenvalue weighted by molar-refractivity contribution is -0.143. The van der Waals surface area contributed by atoms with E-state index in [2.05, 4.69) is 20.4 Å². The van der Waals surface area contributed by atoms with Gasteiger partial charge in [-0.3, -0.25) is 4.90 Å². The zero-order valence-corrected chi connectivity index (χ0v) is 12.9. The predicted molar refractivity (Wildman–Crippen MR) is 77.7 cm³/mol. The topological polar surface area (TPSA) is 46.8 Å². The monoisotopic (exact) mass is 345 g/mol. The van der Waals surface area contributed by atoms with Crippen LogP contribution in [0.2, 0.25) is 5.02 Å². The first-order valence-corrected chi connectivity index (χ1v) is 7.61. The molecule has 0 amide bonds. The quantitative estimate of drug-likeness (QED) is 0.853. The molecule has 0 radical (unpaired) electrons. The van der Waals surface area contributed by atoms with Crippen LogP contribution in [-0.4, -0.2) is 37.8 Å². The van der Waals surface area contributed by atoms with Gasteiger partial charge in [0.1, 0.15) is 6.54 Å². The molecule has 1 aliphatic heterocycles. The molecule has 124 valence electrons. The molecule has 9 heteroatoms. The molecule has 1 atom stereocenters. The summed E-state index contributed by atoms with van der Waals surface area (Å²) in [5, 5.41) is 11.2. The second-order valence-electron chi connectivity index (χ2n) is 5.55. The zero-order valence-electron chi connectivity index (χ0n) is 12.2. The van der Waals surface area contributed by atoms with Gasteiger partial charge in [0, 0.05) is 11.1 Å². The normalized spacial score (nSPS) is 19.4. The summed E-state index contributed by atoms with van der Waals surface area (Å²) in [6.45, 7) is -0.0860. The number of hydrogen-bond acceptors (Lipinski definition) is 4. The van der Waals surface area contributed by atoms with Gasteiger partial charge in [0.05, 0.1) is 6.54 Å². The summed E-state index contributed by atoms with van der Waals surface area (Å²) >= 11 is 5.90. The minimum atomic E-state index is -4.34. The van der Waals surface area contributed by atoms with E-state index in [0.29, 0.717) is 5.02 Å². The Morgan fingerprint density at radius 3 is 2.65 bits per heavy atom. The smallest absolute Gasteiger partial charge is 0.289 e. The average Bonchev–Trinajstić information content (AvgIpc) is 3.09. The molecule has 0 aliphatic carbocycles.